The highest BCUT2D eigenvalue weighted by molar-refractivity contribution is 5.87. The highest BCUT2D eigenvalue weighted by Crippen LogP contribution is 2.04. The first kappa shape index (κ1) is 16.7. The fourth-order valence-electron chi connectivity index (χ4n) is 1.46. The third-order valence-corrected chi connectivity index (χ3v) is 2.59. The van der Waals surface area contributed by atoms with Gasteiger partial charge >= 0.3 is 5.97 Å². The van der Waals surface area contributed by atoms with E-state index < -0.39 is 0 Å². The summed E-state index contributed by atoms with van der Waals surface area (Å²) in [5, 5.41) is 0. The Kier molecular flexibility index (Phi) is 8.08. The Morgan fingerprint density at radius 3 is 2.28 bits per heavy atom. The Bertz CT molecular complexity index is 285. The van der Waals surface area contributed by atoms with Crippen LogP contribution < -0.4 is 0 Å². The minimum absolute atomic E-state index is 0.0517. The Balaban J connectivity index is 3.84. The monoisotopic (exact) mass is 255 g/mol. The van der Waals surface area contributed by atoms with E-state index in [-0.39, 0.29) is 23.8 Å². The minimum atomic E-state index is -0.169. The molecular formula is C14H25NO3. The number of carbonyl (C=O) groups excluding carboxylic acids is 2. The number of unbranched alkanes of at least 4 members (excludes halogenated alkanes) is 1. The van der Waals surface area contributed by atoms with E-state index in [1.807, 2.05) is 27.7 Å². The van der Waals surface area contributed by atoms with Gasteiger partial charge in [-0.05, 0) is 32.8 Å². The van der Waals surface area contributed by atoms with Gasteiger partial charge in [-0.2, -0.15) is 0 Å². The Labute approximate surface area is 110 Å². The molecular weight excluding hydrogens is 230 g/mol. The van der Waals surface area contributed by atoms with Gasteiger partial charge in [0.25, 0.3) is 0 Å². The van der Waals surface area contributed by atoms with Crippen molar-refractivity contribution in [2.45, 2.75) is 46.6 Å². The molecule has 0 aliphatic carbocycles. The van der Waals surface area contributed by atoms with Crippen molar-refractivity contribution in [1.29, 1.82) is 0 Å². The van der Waals surface area contributed by atoms with Crippen LogP contribution in [0.2, 0.25) is 0 Å². The second-order valence-corrected chi connectivity index (χ2v) is 4.86. The number of hydrogen-bond acceptors (Lipinski definition) is 3. The second-order valence-electron chi connectivity index (χ2n) is 4.86. The third kappa shape index (κ3) is 6.42. The molecule has 4 nitrogen and oxygen atoms in total. The summed E-state index contributed by atoms with van der Waals surface area (Å²) in [6.45, 7) is 12.1. The Morgan fingerprint density at radius 1 is 1.22 bits per heavy atom. The predicted molar refractivity (Wildman–Crippen MR) is 72.1 cm³/mol. The van der Waals surface area contributed by atoms with Crippen molar-refractivity contribution in [1.82, 2.24) is 4.90 Å². The normalized spacial score (nSPS) is 10.6. The Morgan fingerprint density at radius 2 is 1.83 bits per heavy atom. The molecule has 0 radical (unpaired) electrons. The number of ether oxygens (including phenoxy) is 1. The van der Waals surface area contributed by atoms with Gasteiger partial charge in [-0.1, -0.05) is 20.4 Å². The molecule has 0 aromatic carbocycles. The third-order valence-electron chi connectivity index (χ3n) is 2.59. The van der Waals surface area contributed by atoms with Gasteiger partial charge in [0.15, 0.2) is 0 Å². The molecule has 0 fully saturated rings. The van der Waals surface area contributed by atoms with E-state index in [9.17, 15) is 9.59 Å². The van der Waals surface area contributed by atoms with Crippen molar-refractivity contribution in [3.63, 3.8) is 0 Å². The van der Waals surface area contributed by atoms with E-state index in [4.69, 9.17) is 4.74 Å². The molecule has 18 heavy (non-hydrogen) atoms. The maximum atomic E-state index is 11.5. The van der Waals surface area contributed by atoms with Crippen LogP contribution in [0.25, 0.3) is 0 Å². The summed E-state index contributed by atoms with van der Waals surface area (Å²) < 4.78 is 5.07. The van der Waals surface area contributed by atoms with Crippen molar-refractivity contribution in [2.75, 3.05) is 13.2 Å². The first-order chi connectivity index (χ1) is 8.40. The zero-order valence-electron chi connectivity index (χ0n) is 11.9. The van der Waals surface area contributed by atoms with Crippen LogP contribution in [0.1, 0.15) is 40.5 Å². The predicted octanol–water partition coefficient (Wildman–Crippen LogP) is 2.39. The molecule has 0 atom stereocenters. The fourth-order valence-corrected chi connectivity index (χ4v) is 1.46. The van der Waals surface area contributed by atoms with Crippen LogP contribution in [0.5, 0.6) is 0 Å². The summed E-state index contributed by atoms with van der Waals surface area (Å²) in [6.07, 6.45) is 2.92. The first-order valence-electron chi connectivity index (χ1n) is 6.49. The number of amides is 1. The van der Waals surface area contributed by atoms with Crippen LogP contribution >= 0.6 is 0 Å². The lowest BCUT2D eigenvalue weighted by Crippen LogP contribution is -2.36. The second kappa shape index (κ2) is 8.72. The van der Waals surface area contributed by atoms with Gasteiger partial charge in [-0.25, -0.2) is 0 Å². The summed E-state index contributed by atoms with van der Waals surface area (Å²) >= 11 is 0. The molecule has 0 aliphatic heterocycles. The lowest BCUT2D eigenvalue weighted by Gasteiger charge is -2.25. The largest absolute Gasteiger partial charge is 0.465 e. The van der Waals surface area contributed by atoms with Gasteiger partial charge in [-0.15, -0.1) is 0 Å². The first-order valence-corrected chi connectivity index (χ1v) is 6.49. The van der Waals surface area contributed by atoms with Crippen molar-refractivity contribution in [3.8, 4) is 0 Å². The zero-order chi connectivity index (χ0) is 14.1. The fraction of sp³-hybridized carbons (Fsp3) is 0.714. The van der Waals surface area contributed by atoms with Crippen LogP contribution in [0.15, 0.2) is 12.7 Å². The van der Waals surface area contributed by atoms with E-state index in [1.54, 1.807) is 4.90 Å². The van der Waals surface area contributed by atoms with Crippen LogP contribution in [0.3, 0.4) is 0 Å². The summed E-state index contributed by atoms with van der Waals surface area (Å²) in [4.78, 5) is 24.5. The molecule has 0 aromatic rings. The van der Waals surface area contributed by atoms with E-state index in [2.05, 4.69) is 6.58 Å². The van der Waals surface area contributed by atoms with Gasteiger partial charge in [0.05, 0.1) is 12.5 Å². The van der Waals surface area contributed by atoms with E-state index >= 15 is 0 Å². The summed E-state index contributed by atoms with van der Waals surface area (Å²) in [5.74, 6) is -0.304. The number of esters is 1. The minimum Gasteiger partial charge on any atom is -0.465 e. The molecule has 4 heteroatoms. The van der Waals surface area contributed by atoms with E-state index in [0.717, 1.165) is 12.8 Å². The summed E-state index contributed by atoms with van der Waals surface area (Å²) in [7, 11) is 0. The lowest BCUT2D eigenvalue weighted by molar-refractivity contribution is -0.147. The summed E-state index contributed by atoms with van der Waals surface area (Å²) in [5.41, 5.74) is 0. The molecule has 0 rings (SSSR count). The molecule has 0 aromatic heterocycles. The van der Waals surface area contributed by atoms with Gasteiger partial charge in [-0.3, -0.25) is 9.59 Å². The van der Waals surface area contributed by atoms with Crippen LogP contribution in [-0.2, 0) is 14.3 Å². The van der Waals surface area contributed by atoms with Crippen LogP contribution in [0, 0.1) is 5.92 Å². The Hall–Kier alpha value is -1.32. The number of rotatable bonds is 8. The summed E-state index contributed by atoms with van der Waals surface area (Å²) in [6, 6.07) is 0.161. The van der Waals surface area contributed by atoms with Crippen molar-refractivity contribution in [3.05, 3.63) is 12.7 Å². The highest BCUT2D eigenvalue weighted by atomic mass is 16.5. The maximum Gasteiger partial charge on any atom is 0.308 e. The van der Waals surface area contributed by atoms with Gasteiger partial charge < -0.3 is 9.64 Å². The van der Waals surface area contributed by atoms with Crippen LogP contribution in [-0.4, -0.2) is 36.0 Å². The molecule has 1 amide bonds. The average molecular weight is 255 g/mol. The topological polar surface area (TPSA) is 46.6 Å². The highest BCUT2D eigenvalue weighted by Gasteiger charge is 2.13. The molecule has 104 valence electrons. The van der Waals surface area contributed by atoms with Crippen LogP contribution in [0.4, 0.5) is 0 Å². The average Bonchev–Trinajstić information content (AvgIpc) is 2.31. The maximum absolute atomic E-state index is 11.5. The molecule has 0 heterocycles. The van der Waals surface area contributed by atoms with E-state index in [1.165, 1.54) is 6.08 Å². The van der Waals surface area contributed by atoms with Crippen molar-refractivity contribution < 1.29 is 14.3 Å². The number of carbonyl (C=O) groups is 2. The van der Waals surface area contributed by atoms with Gasteiger partial charge in [0.1, 0.15) is 0 Å². The quantitative estimate of drug-likeness (QED) is 0.380. The van der Waals surface area contributed by atoms with Crippen molar-refractivity contribution >= 4 is 11.9 Å². The van der Waals surface area contributed by atoms with Gasteiger partial charge in [0.2, 0.25) is 5.91 Å². The molecule has 0 saturated heterocycles. The van der Waals surface area contributed by atoms with Crippen molar-refractivity contribution in [2.24, 2.45) is 5.92 Å². The smallest absolute Gasteiger partial charge is 0.308 e. The molecule has 0 bridgehead atoms. The SMILES string of the molecule is C=CC(=O)N(CCCCOC(=O)C(C)C)C(C)C. The molecule has 0 saturated carbocycles. The molecule has 0 unspecified atom stereocenters. The molecule has 0 N–H and O–H groups in total. The van der Waals surface area contributed by atoms with E-state index in [0.29, 0.717) is 13.2 Å². The molecule has 0 spiro atoms. The zero-order valence-corrected chi connectivity index (χ0v) is 11.9. The lowest BCUT2D eigenvalue weighted by atomic mass is 10.2. The standard InChI is InChI=1S/C14H25NO3/c1-6-13(16)15(12(4)5)9-7-8-10-18-14(17)11(2)3/h6,11-12H,1,7-10H2,2-5H3. The number of hydrogen-bond donors (Lipinski definition) is 0. The number of nitrogens with zero attached hydrogens (tertiary/aromatic N) is 1. The molecule has 0 aliphatic rings. The van der Waals surface area contributed by atoms with Gasteiger partial charge in [0, 0.05) is 12.6 Å².